The third-order valence-corrected chi connectivity index (χ3v) is 5.72. The van der Waals surface area contributed by atoms with Crippen molar-refractivity contribution in [1.29, 1.82) is 0 Å². The van der Waals surface area contributed by atoms with Crippen LogP contribution >= 0.6 is 0 Å². The maximum Gasteiger partial charge on any atom is 0.240 e. The van der Waals surface area contributed by atoms with Gasteiger partial charge < -0.3 is 10.6 Å². The van der Waals surface area contributed by atoms with Crippen LogP contribution in [0.2, 0.25) is 0 Å². The maximum atomic E-state index is 13.2. The van der Waals surface area contributed by atoms with E-state index in [2.05, 4.69) is 35.6 Å². The molecule has 1 atom stereocenters. The molecule has 2 aliphatic heterocycles. The number of hydrogen-bond donors (Lipinski definition) is 2. The van der Waals surface area contributed by atoms with Gasteiger partial charge in [-0.2, -0.15) is 5.10 Å². The first-order chi connectivity index (χ1) is 13.5. The standard InChI is InChI=1S/C22H20N4O2/c1-13(2)14-8-9-18-16(10-14)22(21(28)24-18)11-19(27)25-20-17(22)12-23-26(20)15-6-4-3-5-7-15/h3-10,12-13H,11H2,1-2H3,(H,24,28)(H,25,27)/t22-/m0/s1. The molecule has 1 aromatic heterocycles. The summed E-state index contributed by atoms with van der Waals surface area (Å²) in [5, 5.41) is 10.4. The molecule has 0 saturated carbocycles. The van der Waals surface area contributed by atoms with Gasteiger partial charge in [-0.15, -0.1) is 0 Å². The Bertz CT molecular complexity index is 1120. The van der Waals surface area contributed by atoms with Gasteiger partial charge in [0.1, 0.15) is 11.2 Å². The molecule has 0 fully saturated rings. The summed E-state index contributed by atoms with van der Waals surface area (Å²) in [5.41, 5.74) is 3.27. The van der Waals surface area contributed by atoms with Gasteiger partial charge in [-0.25, -0.2) is 4.68 Å². The summed E-state index contributed by atoms with van der Waals surface area (Å²) >= 11 is 0. The number of amides is 2. The van der Waals surface area contributed by atoms with E-state index in [1.807, 2.05) is 42.5 Å². The SMILES string of the molecule is CC(C)c1ccc2c(c1)[C@]1(CC(=O)Nc3c1cnn3-c1ccccc1)C(=O)N2. The first-order valence-corrected chi connectivity index (χ1v) is 9.40. The van der Waals surface area contributed by atoms with Crippen LogP contribution in [0.3, 0.4) is 0 Å². The molecule has 3 aromatic rings. The second kappa shape index (κ2) is 5.79. The van der Waals surface area contributed by atoms with Crippen LogP contribution in [0, 0.1) is 0 Å². The number of nitrogens with zero attached hydrogens (tertiary/aromatic N) is 2. The summed E-state index contributed by atoms with van der Waals surface area (Å²) in [6, 6.07) is 15.6. The first kappa shape index (κ1) is 16.7. The summed E-state index contributed by atoms with van der Waals surface area (Å²) in [7, 11) is 0. The third kappa shape index (κ3) is 2.17. The highest BCUT2D eigenvalue weighted by Gasteiger charge is 2.54. The molecule has 3 heterocycles. The molecule has 0 saturated heterocycles. The van der Waals surface area contributed by atoms with Crippen LogP contribution in [-0.4, -0.2) is 21.6 Å². The largest absolute Gasteiger partial charge is 0.325 e. The van der Waals surface area contributed by atoms with Gasteiger partial charge in [0.25, 0.3) is 0 Å². The fraction of sp³-hybridized carbons (Fsp3) is 0.227. The molecule has 2 aromatic carbocycles. The van der Waals surface area contributed by atoms with E-state index in [0.29, 0.717) is 11.7 Å². The molecule has 2 aliphatic rings. The number of anilines is 2. The topological polar surface area (TPSA) is 76.0 Å². The lowest BCUT2D eigenvalue weighted by atomic mass is 9.71. The number of aromatic nitrogens is 2. The van der Waals surface area contributed by atoms with Crippen molar-refractivity contribution in [2.24, 2.45) is 0 Å². The number of fused-ring (bicyclic) bond motifs is 4. The number of hydrogen-bond acceptors (Lipinski definition) is 3. The minimum absolute atomic E-state index is 0.0703. The lowest BCUT2D eigenvalue weighted by molar-refractivity contribution is -0.125. The van der Waals surface area contributed by atoms with E-state index in [4.69, 9.17) is 0 Å². The Morgan fingerprint density at radius 2 is 1.82 bits per heavy atom. The van der Waals surface area contributed by atoms with Crippen molar-refractivity contribution in [1.82, 2.24) is 9.78 Å². The monoisotopic (exact) mass is 372 g/mol. The molecule has 28 heavy (non-hydrogen) atoms. The van der Waals surface area contributed by atoms with Crippen LogP contribution in [0.1, 0.15) is 42.9 Å². The van der Waals surface area contributed by atoms with Gasteiger partial charge in [-0.1, -0.05) is 44.2 Å². The van der Waals surface area contributed by atoms with Gasteiger partial charge in [0.05, 0.1) is 11.9 Å². The fourth-order valence-electron chi connectivity index (χ4n) is 4.24. The van der Waals surface area contributed by atoms with E-state index in [1.165, 1.54) is 0 Å². The molecule has 0 radical (unpaired) electrons. The highest BCUT2D eigenvalue weighted by Crippen LogP contribution is 2.50. The number of benzene rings is 2. The Morgan fingerprint density at radius 1 is 1.04 bits per heavy atom. The Balaban J connectivity index is 1.76. The van der Waals surface area contributed by atoms with E-state index in [0.717, 1.165) is 28.1 Å². The highest BCUT2D eigenvalue weighted by atomic mass is 16.2. The zero-order valence-corrected chi connectivity index (χ0v) is 15.7. The van der Waals surface area contributed by atoms with Crippen molar-refractivity contribution in [3.05, 3.63) is 71.4 Å². The van der Waals surface area contributed by atoms with E-state index in [9.17, 15) is 9.59 Å². The Hall–Kier alpha value is -3.41. The first-order valence-electron chi connectivity index (χ1n) is 9.40. The molecule has 2 amide bonds. The zero-order chi connectivity index (χ0) is 19.5. The van der Waals surface area contributed by atoms with Gasteiger partial charge in [0.15, 0.2) is 0 Å². The molecular formula is C22H20N4O2. The smallest absolute Gasteiger partial charge is 0.240 e. The molecule has 0 unspecified atom stereocenters. The number of carbonyl (C=O) groups excluding carboxylic acids is 2. The second-order valence-electron chi connectivity index (χ2n) is 7.70. The predicted octanol–water partition coefficient (Wildman–Crippen LogP) is 3.58. The van der Waals surface area contributed by atoms with Crippen molar-refractivity contribution >= 4 is 23.3 Å². The van der Waals surface area contributed by atoms with Gasteiger partial charge >= 0.3 is 0 Å². The molecule has 5 rings (SSSR count). The Morgan fingerprint density at radius 3 is 2.57 bits per heavy atom. The Kier molecular flexibility index (Phi) is 3.46. The number of rotatable bonds is 2. The normalized spacial score (nSPS) is 20.1. The van der Waals surface area contributed by atoms with Crippen LogP contribution in [0.15, 0.2) is 54.7 Å². The minimum atomic E-state index is -1.05. The quantitative estimate of drug-likeness (QED) is 0.722. The summed E-state index contributed by atoms with van der Waals surface area (Å²) in [5.74, 6) is 0.512. The van der Waals surface area contributed by atoms with Crippen LogP contribution in [0.25, 0.3) is 5.69 Å². The fourth-order valence-corrected chi connectivity index (χ4v) is 4.24. The molecule has 1 spiro atoms. The van der Waals surface area contributed by atoms with Crippen molar-refractivity contribution in [3.8, 4) is 5.69 Å². The maximum absolute atomic E-state index is 13.2. The molecule has 0 aliphatic carbocycles. The van der Waals surface area contributed by atoms with E-state index in [1.54, 1.807) is 10.9 Å². The number of carbonyl (C=O) groups is 2. The van der Waals surface area contributed by atoms with Gasteiger partial charge in [-0.3, -0.25) is 9.59 Å². The van der Waals surface area contributed by atoms with Crippen LogP contribution in [0.4, 0.5) is 11.5 Å². The minimum Gasteiger partial charge on any atom is -0.325 e. The average Bonchev–Trinajstić information content (AvgIpc) is 3.22. The van der Waals surface area contributed by atoms with Crippen molar-refractivity contribution < 1.29 is 9.59 Å². The summed E-state index contributed by atoms with van der Waals surface area (Å²) in [6.45, 7) is 4.23. The van der Waals surface area contributed by atoms with E-state index in [-0.39, 0.29) is 18.2 Å². The summed E-state index contributed by atoms with van der Waals surface area (Å²) in [4.78, 5) is 25.9. The highest BCUT2D eigenvalue weighted by molar-refractivity contribution is 6.14. The van der Waals surface area contributed by atoms with Gasteiger partial charge in [-0.05, 0) is 35.2 Å². The van der Waals surface area contributed by atoms with Crippen LogP contribution in [-0.2, 0) is 15.0 Å². The lowest BCUT2D eigenvalue weighted by Crippen LogP contribution is -2.43. The lowest BCUT2D eigenvalue weighted by Gasteiger charge is -2.32. The zero-order valence-electron chi connectivity index (χ0n) is 15.7. The second-order valence-corrected chi connectivity index (χ2v) is 7.70. The van der Waals surface area contributed by atoms with E-state index < -0.39 is 5.41 Å². The van der Waals surface area contributed by atoms with Crippen molar-refractivity contribution in [2.75, 3.05) is 10.6 Å². The summed E-state index contributed by atoms with van der Waals surface area (Å²) < 4.78 is 1.69. The number of nitrogens with one attached hydrogen (secondary N) is 2. The summed E-state index contributed by atoms with van der Waals surface area (Å²) in [6.07, 6.45) is 1.78. The van der Waals surface area contributed by atoms with Crippen molar-refractivity contribution in [2.45, 2.75) is 31.6 Å². The number of para-hydroxylation sites is 1. The third-order valence-electron chi connectivity index (χ3n) is 5.72. The van der Waals surface area contributed by atoms with Crippen LogP contribution in [0.5, 0.6) is 0 Å². The van der Waals surface area contributed by atoms with E-state index >= 15 is 0 Å². The van der Waals surface area contributed by atoms with Crippen LogP contribution < -0.4 is 10.6 Å². The molecule has 2 N–H and O–H groups in total. The molecule has 6 nitrogen and oxygen atoms in total. The Labute approximate surface area is 162 Å². The van der Waals surface area contributed by atoms with Crippen molar-refractivity contribution in [3.63, 3.8) is 0 Å². The molecule has 0 bridgehead atoms. The molecule has 140 valence electrons. The van der Waals surface area contributed by atoms with Gasteiger partial charge in [0, 0.05) is 17.7 Å². The molecular weight excluding hydrogens is 352 g/mol. The predicted molar refractivity (Wildman–Crippen MR) is 107 cm³/mol. The van der Waals surface area contributed by atoms with Gasteiger partial charge in [0.2, 0.25) is 11.8 Å². The average molecular weight is 372 g/mol. The molecule has 6 heteroatoms.